The van der Waals surface area contributed by atoms with Crippen LogP contribution in [0, 0.1) is 26.7 Å². The van der Waals surface area contributed by atoms with Crippen molar-refractivity contribution < 1.29 is 18.8 Å². The van der Waals surface area contributed by atoms with Gasteiger partial charge in [-0.1, -0.05) is 36.1 Å². The van der Waals surface area contributed by atoms with Crippen LogP contribution in [0.1, 0.15) is 0 Å². The molecule has 1 aromatic heterocycles. The van der Waals surface area contributed by atoms with Gasteiger partial charge >= 0.3 is 5.69 Å². The van der Waals surface area contributed by atoms with Crippen molar-refractivity contribution in [3.05, 3.63) is 69.4 Å². The molecule has 1 heterocycles. The summed E-state index contributed by atoms with van der Waals surface area (Å²) >= 11 is 5.08. The van der Waals surface area contributed by atoms with Crippen molar-refractivity contribution in [2.45, 2.75) is 0 Å². The first-order chi connectivity index (χ1) is 12.6. The van der Waals surface area contributed by atoms with Crippen LogP contribution >= 0.6 is 12.2 Å². The fourth-order valence-corrected chi connectivity index (χ4v) is 2.46. The highest BCUT2D eigenvalue weighted by molar-refractivity contribution is 7.71. The molecule has 0 spiro atoms. The van der Waals surface area contributed by atoms with Gasteiger partial charge in [0.05, 0.1) is 10.3 Å². The number of ether oxygens (including phenoxy) is 2. The van der Waals surface area contributed by atoms with E-state index in [9.17, 15) is 10.1 Å². The van der Waals surface area contributed by atoms with Crippen LogP contribution in [0.15, 0.2) is 59.0 Å². The largest absolute Gasteiger partial charge is 0.480 e. The van der Waals surface area contributed by atoms with Crippen molar-refractivity contribution in [1.82, 2.24) is 0 Å². The minimum absolute atomic E-state index is 0.0192. The van der Waals surface area contributed by atoms with E-state index < -0.39 is 4.92 Å². The third kappa shape index (κ3) is 4.18. The summed E-state index contributed by atoms with van der Waals surface area (Å²) < 4.78 is 16.8. The average Bonchev–Trinajstić information content (AvgIpc) is 2.64. The fourth-order valence-electron chi connectivity index (χ4n) is 2.26. The molecule has 0 saturated carbocycles. The maximum atomic E-state index is 10.9. The molecule has 0 fully saturated rings. The number of rotatable bonds is 5. The Morgan fingerprint density at radius 1 is 1.00 bits per heavy atom. The highest BCUT2D eigenvalue weighted by Crippen LogP contribution is 2.26. The van der Waals surface area contributed by atoms with E-state index in [2.05, 4.69) is 11.8 Å². The van der Waals surface area contributed by atoms with Gasteiger partial charge in [0.25, 0.3) is 0 Å². The van der Waals surface area contributed by atoms with Gasteiger partial charge in [-0.2, -0.15) is 0 Å². The summed E-state index contributed by atoms with van der Waals surface area (Å²) in [6, 6.07) is 15.2. The monoisotopic (exact) mass is 367 g/mol. The summed E-state index contributed by atoms with van der Waals surface area (Å²) in [6.45, 7) is 0.147. The molecule has 0 N–H and O–H groups in total. The Morgan fingerprint density at radius 2 is 1.65 bits per heavy atom. The third-order valence-electron chi connectivity index (χ3n) is 3.40. The highest BCUT2D eigenvalue weighted by atomic mass is 32.1. The van der Waals surface area contributed by atoms with Crippen LogP contribution in [0.25, 0.3) is 11.0 Å². The zero-order valence-electron chi connectivity index (χ0n) is 13.5. The van der Waals surface area contributed by atoms with Crippen molar-refractivity contribution >= 4 is 28.9 Å². The summed E-state index contributed by atoms with van der Waals surface area (Å²) in [5.74, 6) is 6.34. The van der Waals surface area contributed by atoms with Crippen molar-refractivity contribution in [2.75, 3.05) is 13.2 Å². The second-order valence-corrected chi connectivity index (χ2v) is 5.48. The first kappa shape index (κ1) is 17.5. The lowest BCUT2D eigenvalue weighted by Gasteiger charge is -2.05. The number of para-hydroxylation sites is 3. The fraction of sp³-hybridized carbons (Fsp3) is 0.105. The second-order valence-electron chi connectivity index (χ2n) is 5.08. The summed E-state index contributed by atoms with van der Waals surface area (Å²) in [5, 5.41) is 11.7. The van der Waals surface area contributed by atoms with Crippen LogP contribution < -0.4 is 9.47 Å². The van der Waals surface area contributed by atoms with Crippen LogP contribution in [0.4, 0.5) is 5.69 Å². The number of fused-ring (bicyclic) bond motifs is 1. The SMILES string of the molecule is O=[N+]([O-])c1ccccc1OCC#CCOc1cc(=S)oc2ccccc12. The van der Waals surface area contributed by atoms with Gasteiger partial charge < -0.3 is 13.9 Å². The van der Waals surface area contributed by atoms with E-state index in [1.165, 1.54) is 12.1 Å². The molecule has 0 radical (unpaired) electrons. The molecule has 3 rings (SSSR count). The van der Waals surface area contributed by atoms with Gasteiger partial charge in [0.1, 0.15) is 24.5 Å². The highest BCUT2D eigenvalue weighted by Gasteiger charge is 2.12. The molecular formula is C19H13NO5S. The summed E-state index contributed by atoms with van der Waals surface area (Å²) in [5.41, 5.74) is 0.547. The molecular weight excluding hydrogens is 354 g/mol. The molecule has 0 atom stereocenters. The summed E-state index contributed by atoms with van der Waals surface area (Å²) in [7, 11) is 0. The maximum absolute atomic E-state index is 10.9. The molecule has 2 aromatic carbocycles. The smallest absolute Gasteiger partial charge is 0.310 e. The number of hydrogen-bond acceptors (Lipinski definition) is 6. The number of benzene rings is 2. The molecule has 130 valence electrons. The lowest BCUT2D eigenvalue weighted by Crippen LogP contribution is -1.99. The maximum Gasteiger partial charge on any atom is 0.310 e. The quantitative estimate of drug-likeness (QED) is 0.285. The van der Waals surface area contributed by atoms with Gasteiger partial charge in [-0.15, -0.1) is 0 Å². The zero-order chi connectivity index (χ0) is 18.4. The van der Waals surface area contributed by atoms with E-state index in [4.69, 9.17) is 26.1 Å². The Kier molecular flexibility index (Phi) is 5.46. The Bertz CT molecular complexity index is 1060. The molecule has 0 aliphatic carbocycles. The van der Waals surface area contributed by atoms with Crippen molar-refractivity contribution in [1.29, 1.82) is 0 Å². The first-order valence-electron chi connectivity index (χ1n) is 7.63. The van der Waals surface area contributed by atoms with Gasteiger partial charge in [0.2, 0.25) is 0 Å². The predicted molar refractivity (Wildman–Crippen MR) is 98.9 cm³/mol. The third-order valence-corrected chi connectivity index (χ3v) is 3.60. The van der Waals surface area contributed by atoms with Gasteiger partial charge in [0, 0.05) is 12.1 Å². The van der Waals surface area contributed by atoms with E-state index in [-0.39, 0.29) is 24.7 Å². The summed E-state index contributed by atoms with van der Waals surface area (Å²) in [6.07, 6.45) is 0. The van der Waals surface area contributed by atoms with Gasteiger partial charge in [-0.3, -0.25) is 10.1 Å². The molecule has 3 aromatic rings. The standard InChI is InChI=1S/C19H13NO5S/c21-20(22)15-8-2-4-10-17(15)23-11-5-6-12-24-18-13-19(26)25-16-9-3-1-7-14(16)18/h1-4,7-10,13H,11-12H2. The van der Waals surface area contributed by atoms with E-state index >= 15 is 0 Å². The van der Waals surface area contributed by atoms with Crippen LogP contribution in [0.5, 0.6) is 11.5 Å². The summed E-state index contributed by atoms with van der Waals surface area (Å²) in [4.78, 5) is 10.4. The number of nitro benzene ring substituents is 1. The second kappa shape index (κ2) is 8.14. The van der Waals surface area contributed by atoms with E-state index in [0.29, 0.717) is 16.0 Å². The molecule has 7 heteroatoms. The van der Waals surface area contributed by atoms with Crippen LogP contribution in [0.2, 0.25) is 0 Å². The van der Waals surface area contributed by atoms with Crippen LogP contribution in [-0.4, -0.2) is 18.1 Å². The lowest BCUT2D eigenvalue weighted by molar-refractivity contribution is -0.385. The molecule has 0 amide bonds. The van der Waals surface area contributed by atoms with Gasteiger partial charge in [-0.25, -0.2) is 0 Å². The Morgan fingerprint density at radius 3 is 2.42 bits per heavy atom. The van der Waals surface area contributed by atoms with Crippen molar-refractivity contribution in [3.8, 4) is 23.3 Å². The lowest BCUT2D eigenvalue weighted by atomic mass is 10.2. The molecule has 0 aliphatic heterocycles. The normalized spacial score (nSPS) is 10.0. The first-order valence-corrected chi connectivity index (χ1v) is 8.03. The molecule has 0 aliphatic rings. The van der Waals surface area contributed by atoms with Crippen molar-refractivity contribution in [2.24, 2.45) is 0 Å². The number of hydrogen-bond donors (Lipinski definition) is 0. The molecule has 0 bridgehead atoms. The zero-order valence-corrected chi connectivity index (χ0v) is 14.3. The predicted octanol–water partition coefficient (Wildman–Crippen LogP) is 4.53. The average molecular weight is 367 g/mol. The molecule has 6 nitrogen and oxygen atoms in total. The van der Waals surface area contributed by atoms with Gasteiger partial charge in [0.15, 0.2) is 10.5 Å². The van der Waals surface area contributed by atoms with Crippen molar-refractivity contribution in [3.63, 3.8) is 0 Å². The minimum atomic E-state index is -0.496. The van der Waals surface area contributed by atoms with E-state index in [1.807, 2.05) is 24.3 Å². The Labute approximate surface area is 154 Å². The molecule has 0 saturated heterocycles. The minimum Gasteiger partial charge on any atom is -0.480 e. The van der Waals surface area contributed by atoms with E-state index in [0.717, 1.165) is 5.39 Å². The molecule has 26 heavy (non-hydrogen) atoms. The van der Waals surface area contributed by atoms with Crippen LogP contribution in [0.3, 0.4) is 0 Å². The Balaban J connectivity index is 1.61. The number of nitrogens with zero attached hydrogens (tertiary/aromatic N) is 1. The number of nitro groups is 1. The van der Waals surface area contributed by atoms with Gasteiger partial charge in [-0.05, 0) is 30.4 Å². The van der Waals surface area contributed by atoms with E-state index in [1.54, 1.807) is 18.2 Å². The topological polar surface area (TPSA) is 74.7 Å². The van der Waals surface area contributed by atoms with Crippen LogP contribution in [-0.2, 0) is 0 Å². The molecule has 0 unspecified atom stereocenters. The Hall–Kier alpha value is -3.37.